The van der Waals surface area contributed by atoms with E-state index >= 15 is 0 Å². The molecule has 1 aliphatic heterocycles. The molecule has 4 nitrogen and oxygen atoms in total. The number of nitrogens with two attached hydrogens (primary N) is 1. The van der Waals surface area contributed by atoms with Crippen molar-refractivity contribution >= 4 is 17.7 Å². The van der Waals surface area contributed by atoms with Crippen molar-refractivity contribution in [3.8, 4) is 0 Å². The van der Waals surface area contributed by atoms with Gasteiger partial charge in [-0.25, -0.2) is 0 Å². The Hall–Kier alpha value is -0.260. The summed E-state index contributed by atoms with van der Waals surface area (Å²) in [4.78, 5) is 11.2. The van der Waals surface area contributed by atoms with Crippen LogP contribution in [0.15, 0.2) is 0 Å². The largest absolute Gasteiger partial charge is 0.465 e. The first kappa shape index (κ1) is 13.8. The quantitative estimate of drug-likeness (QED) is 0.540. The van der Waals surface area contributed by atoms with Crippen molar-refractivity contribution in [1.29, 1.82) is 0 Å². The molecular formula is C11H21NO3S. The molecule has 0 aliphatic carbocycles. The fourth-order valence-electron chi connectivity index (χ4n) is 1.61. The number of carbonyl (C=O) groups excluding carboxylic acids is 1. The second-order valence-electron chi connectivity index (χ2n) is 3.86. The van der Waals surface area contributed by atoms with Crippen LogP contribution in [0, 0.1) is 0 Å². The number of ether oxygens (including phenoxy) is 2. The number of hydrogen-bond acceptors (Lipinski definition) is 5. The van der Waals surface area contributed by atoms with Crippen LogP contribution < -0.4 is 5.73 Å². The van der Waals surface area contributed by atoms with Gasteiger partial charge in [-0.2, -0.15) is 11.8 Å². The maximum atomic E-state index is 11.2. The monoisotopic (exact) mass is 247 g/mol. The van der Waals surface area contributed by atoms with E-state index in [1.165, 1.54) is 12.8 Å². The predicted octanol–water partition coefficient (Wildman–Crippen LogP) is 1.18. The molecule has 0 aromatic carbocycles. The first-order valence-electron chi connectivity index (χ1n) is 5.85. The summed E-state index contributed by atoms with van der Waals surface area (Å²) in [5, 5.41) is 0. The molecule has 16 heavy (non-hydrogen) atoms. The highest BCUT2D eigenvalue weighted by atomic mass is 32.2. The van der Waals surface area contributed by atoms with Gasteiger partial charge in [0.05, 0.1) is 12.7 Å². The Morgan fingerprint density at radius 3 is 3.12 bits per heavy atom. The number of rotatable bonds is 7. The van der Waals surface area contributed by atoms with E-state index in [1.807, 2.05) is 0 Å². The Balaban J connectivity index is 1.99. The summed E-state index contributed by atoms with van der Waals surface area (Å²) >= 11 is 1.70. The molecule has 0 bridgehead atoms. The van der Waals surface area contributed by atoms with Crippen molar-refractivity contribution in [3.05, 3.63) is 0 Å². The van der Waals surface area contributed by atoms with Crippen LogP contribution in [0.25, 0.3) is 0 Å². The molecule has 1 fully saturated rings. The lowest BCUT2D eigenvalue weighted by molar-refractivity contribution is -0.144. The Morgan fingerprint density at radius 1 is 1.69 bits per heavy atom. The molecule has 0 amide bonds. The smallest absolute Gasteiger partial charge is 0.323 e. The van der Waals surface area contributed by atoms with Crippen molar-refractivity contribution in [3.63, 3.8) is 0 Å². The molecule has 1 heterocycles. The average Bonchev–Trinajstić information content (AvgIpc) is 2.77. The molecule has 5 heteroatoms. The van der Waals surface area contributed by atoms with Crippen LogP contribution in [0.2, 0.25) is 0 Å². The van der Waals surface area contributed by atoms with Crippen LogP contribution in [0.3, 0.4) is 0 Å². The van der Waals surface area contributed by atoms with Crippen molar-refractivity contribution < 1.29 is 14.3 Å². The van der Waals surface area contributed by atoms with E-state index < -0.39 is 6.04 Å². The Bertz CT molecular complexity index is 207. The standard InChI is InChI=1S/C11H21NO3S/c1-2-14-11(13)10(12)8-16-7-5-9-4-3-6-15-9/h9-10H,2-8,12H2,1H3. The minimum Gasteiger partial charge on any atom is -0.465 e. The van der Waals surface area contributed by atoms with E-state index in [0.717, 1.165) is 18.8 Å². The molecule has 94 valence electrons. The summed E-state index contributed by atoms with van der Waals surface area (Å²) in [6.45, 7) is 3.08. The van der Waals surface area contributed by atoms with Gasteiger partial charge in [-0.3, -0.25) is 4.79 Å². The molecule has 0 radical (unpaired) electrons. The summed E-state index contributed by atoms with van der Waals surface area (Å²) < 4.78 is 10.3. The minimum absolute atomic E-state index is 0.299. The zero-order valence-corrected chi connectivity index (χ0v) is 10.6. The van der Waals surface area contributed by atoms with E-state index in [9.17, 15) is 4.79 Å². The Labute approximate surface area is 101 Å². The van der Waals surface area contributed by atoms with Crippen LogP contribution >= 0.6 is 11.8 Å². The van der Waals surface area contributed by atoms with Gasteiger partial charge in [-0.15, -0.1) is 0 Å². The van der Waals surface area contributed by atoms with Gasteiger partial charge < -0.3 is 15.2 Å². The summed E-state index contributed by atoms with van der Waals surface area (Å²) in [6, 6.07) is -0.491. The van der Waals surface area contributed by atoms with Gasteiger partial charge in [-0.1, -0.05) is 0 Å². The molecule has 0 spiro atoms. The van der Waals surface area contributed by atoms with Crippen LogP contribution in [-0.4, -0.2) is 42.8 Å². The number of hydrogen-bond donors (Lipinski definition) is 1. The average molecular weight is 247 g/mol. The van der Waals surface area contributed by atoms with Crippen molar-refractivity contribution in [1.82, 2.24) is 0 Å². The molecular weight excluding hydrogens is 226 g/mol. The fraction of sp³-hybridized carbons (Fsp3) is 0.909. The molecule has 1 saturated heterocycles. The van der Waals surface area contributed by atoms with Crippen molar-refractivity contribution in [2.75, 3.05) is 24.7 Å². The maximum Gasteiger partial charge on any atom is 0.323 e. The minimum atomic E-state index is -0.491. The van der Waals surface area contributed by atoms with Crippen molar-refractivity contribution in [2.45, 2.75) is 38.3 Å². The van der Waals surface area contributed by atoms with Gasteiger partial charge in [-0.05, 0) is 31.9 Å². The number of carbonyl (C=O) groups is 1. The van der Waals surface area contributed by atoms with Gasteiger partial charge in [0.15, 0.2) is 0 Å². The van der Waals surface area contributed by atoms with Crippen LogP contribution in [0.4, 0.5) is 0 Å². The molecule has 0 aromatic heterocycles. The zero-order valence-electron chi connectivity index (χ0n) is 9.81. The topological polar surface area (TPSA) is 61.5 Å². The lowest BCUT2D eigenvalue weighted by Gasteiger charge is -2.11. The van der Waals surface area contributed by atoms with Crippen LogP contribution in [-0.2, 0) is 14.3 Å². The summed E-state index contributed by atoms with van der Waals surface area (Å²) in [6.07, 6.45) is 3.83. The fourth-order valence-corrected chi connectivity index (χ4v) is 2.60. The molecule has 1 rings (SSSR count). The highest BCUT2D eigenvalue weighted by Gasteiger charge is 2.17. The molecule has 2 unspecified atom stereocenters. The second kappa shape index (κ2) is 7.92. The molecule has 0 aromatic rings. The van der Waals surface area contributed by atoms with Gasteiger partial charge in [0, 0.05) is 12.4 Å². The van der Waals surface area contributed by atoms with Crippen molar-refractivity contribution in [2.24, 2.45) is 5.73 Å². The second-order valence-corrected chi connectivity index (χ2v) is 5.01. The third-order valence-corrected chi connectivity index (χ3v) is 3.61. The Morgan fingerprint density at radius 2 is 2.50 bits per heavy atom. The third kappa shape index (κ3) is 5.18. The summed E-state index contributed by atoms with van der Waals surface area (Å²) in [5.41, 5.74) is 5.67. The molecule has 2 atom stereocenters. The number of esters is 1. The summed E-state index contributed by atoms with van der Waals surface area (Å²) in [7, 11) is 0. The molecule has 2 N–H and O–H groups in total. The van der Waals surface area contributed by atoms with Gasteiger partial charge in [0.1, 0.15) is 6.04 Å². The van der Waals surface area contributed by atoms with Gasteiger partial charge in [0.2, 0.25) is 0 Å². The SMILES string of the molecule is CCOC(=O)C(N)CSCCC1CCCO1. The predicted molar refractivity (Wildman–Crippen MR) is 65.5 cm³/mol. The molecule has 1 aliphatic rings. The third-order valence-electron chi connectivity index (χ3n) is 2.49. The summed E-state index contributed by atoms with van der Waals surface area (Å²) in [5.74, 6) is 1.33. The first-order valence-corrected chi connectivity index (χ1v) is 7.01. The lowest BCUT2D eigenvalue weighted by atomic mass is 10.2. The molecule has 0 saturated carbocycles. The number of thioether (sulfide) groups is 1. The Kier molecular flexibility index (Phi) is 6.84. The normalized spacial score (nSPS) is 22.0. The van der Waals surface area contributed by atoms with Gasteiger partial charge >= 0.3 is 5.97 Å². The highest BCUT2D eigenvalue weighted by Crippen LogP contribution is 2.17. The van der Waals surface area contributed by atoms with E-state index in [1.54, 1.807) is 18.7 Å². The lowest BCUT2D eigenvalue weighted by Crippen LogP contribution is -2.34. The van der Waals surface area contributed by atoms with E-state index in [2.05, 4.69) is 0 Å². The first-order chi connectivity index (χ1) is 7.74. The maximum absolute atomic E-state index is 11.2. The highest BCUT2D eigenvalue weighted by molar-refractivity contribution is 7.99. The van der Waals surface area contributed by atoms with Crippen LogP contribution in [0.1, 0.15) is 26.2 Å². The van der Waals surface area contributed by atoms with E-state index in [4.69, 9.17) is 15.2 Å². The zero-order chi connectivity index (χ0) is 11.8. The van der Waals surface area contributed by atoms with Gasteiger partial charge in [0.25, 0.3) is 0 Å². The van der Waals surface area contributed by atoms with E-state index in [0.29, 0.717) is 18.5 Å². The van der Waals surface area contributed by atoms with E-state index in [-0.39, 0.29) is 5.97 Å². The van der Waals surface area contributed by atoms with Crippen LogP contribution in [0.5, 0.6) is 0 Å².